The maximum Gasteiger partial charge on any atom is 0.241 e. The Morgan fingerprint density at radius 3 is 2.73 bits per heavy atom. The highest BCUT2D eigenvalue weighted by molar-refractivity contribution is 7.91. The molecule has 2 N–H and O–H groups in total. The molecule has 0 bridgehead atoms. The smallest absolute Gasteiger partial charge is 0.241 e. The summed E-state index contributed by atoms with van der Waals surface area (Å²) in [5.74, 6) is 0.309. The normalized spacial score (nSPS) is 16.7. The molecule has 0 amide bonds. The first-order valence-corrected chi connectivity index (χ1v) is 11.2. The van der Waals surface area contributed by atoms with Gasteiger partial charge in [0.1, 0.15) is 4.90 Å². The van der Waals surface area contributed by atoms with Crippen LogP contribution in [0.15, 0.2) is 52.3 Å². The van der Waals surface area contributed by atoms with Gasteiger partial charge in [0.15, 0.2) is 0 Å². The molecule has 0 saturated heterocycles. The first kappa shape index (κ1) is 19.3. The topological polar surface area (TPSA) is 78.5 Å². The third-order valence-corrected chi connectivity index (χ3v) is 7.38. The molecule has 2 aromatic carbocycles. The van der Waals surface area contributed by atoms with Crippen molar-refractivity contribution in [3.63, 3.8) is 0 Å². The maximum absolute atomic E-state index is 12.6. The summed E-state index contributed by atoms with van der Waals surface area (Å²) in [5.41, 5.74) is 1.73. The molecule has 6 nitrogen and oxygen atoms in total. The molecule has 0 spiro atoms. The Balaban J connectivity index is 1.60. The number of anilines is 1. The first-order chi connectivity index (χ1) is 12.4. The molecule has 0 fully saturated rings. The van der Waals surface area contributed by atoms with Crippen molar-refractivity contribution < 1.29 is 12.6 Å². The van der Waals surface area contributed by atoms with Crippen molar-refractivity contribution in [2.24, 2.45) is 0 Å². The molecular weight excluding hydrogens is 394 g/mol. The number of benzene rings is 2. The molecule has 0 saturated carbocycles. The molecule has 3 rings (SSSR count). The molecule has 1 aliphatic heterocycles. The molecule has 1 unspecified atom stereocenters. The summed E-state index contributed by atoms with van der Waals surface area (Å²) in [5, 5.41) is 3.83. The van der Waals surface area contributed by atoms with Crippen LogP contribution in [0.1, 0.15) is 5.56 Å². The van der Waals surface area contributed by atoms with Crippen molar-refractivity contribution in [1.29, 1.82) is 0 Å². The summed E-state index contributed by atoms with van der Waals surface area (Å²) in [6.45, 7) is 1.29. The molecule has 2 aromatic rings. The number of fused-ring (bicyclic) bond motifs is 1. The van der Waals surface area contributed by atoms with E-state index in [1.807, 2.05) is 18.2 Å². The Kier molecular flexibility index (Phi) is 5.99. The standard InChI is InChI=1S/C17H20ClN3O3S2/c1-21-12-25(22)17-15(21)6-3-7-16(17)26(23,24)20-9-8-19-11-13-4-2-5-14(18)10-13/h2-7,10,19-20H,8-9,11-12H2,1H3. The minimum atomic E-state index is -3.72. The molecule has 1 aliphatic rings. The Morgan fingerprint density at radius 2 is 1.96 bits per heavy atom. The van der Waals surface area contributed by atoms with Crippen molar-refractivity contribution in [2.75, 3.05) is 30.9 Å². The third kappa shape index (κ3) is 4.27. The molecule has 0 radical (unpaired) electrons. The maximum atomic E-state index is 12.6. The van der Waals surface area contributed by atoms with Gasteiger partial charge < -0.3 is 10.2 Å². The molecular formula is C17H20ClN3O3S2. The van der Waals surface area contributed by atoms with E-state index in [4.69, 9.17) is 11.6 Å². The lowest BCUT2D eigenvalue weighted by atomic mass is 10.2. The van der Waals surface area contributed by atoms with Crippen LogP contribution < -0.4 is 14.9 Å². The molecule has 9 heteroatoms. The van der Waals surface area contributed by atoms with Gasteiger partial charge in [-0.05, 0) is 29.8 Å². The SMILES string of the molecule is CN1CS(=O)c2c1cccc2S(=O)(=O)NCCNCc1cccc(Cl)c1. The van der Waals surface area contributed by atoms with E-state index in [-0.39, 0.29) is 11.4 Å². The zero-order valence-corrected chi connectivity index (χ0v) is 16.6. The second-order valence-corrected chi connectivity index (χ2v) is 9.51. The Bertz CT molecular complexity index is 935. The van der Waals surface area contributed by atoms with Crippen LogP contribution >= 0.6 is 11.6 Å². The average Bonchev–Trinajstić information content (AvgIpc) is 2.89. The van der Waals surface area contributed by atoms with Gasteiger partial charge in [-0.2, -0.15) is 0 Å². The Hall–Kier alpha value is -1.45. The lowest BCUT2D eigenvalue weighted by molar-refractivity contribution is 0.573. The highest BCUT2D eigenvalue weighted by Crippen LogP contribution is 2.35. The highest BCUT2D eigenvalue weighted by Gasteiger charge is 2.30. The van der Waals surface area contributed by atoms with Gasteiger partial charge in [0.25, 0.3) is 0 Å². The lowest BCUT2D eigenvalue weighted by Gasteiger charge is -2.12. The fraction of sp³-hybridized carbons (Fsp3) is 0.294. The second-order valence-electron chi connectivity index (χ2n) is 5.98. The third-order valence-electron chi connectivity index (χ3n) is 4.01. The van der Waals surface area contributed by atoms with Gasteiger partial charge >= 0.3 is 0 Å². The number of hydrogen-bond acceptors (Lipinski definition) is 5. The van der Waals surface area contributed by atoms with Crippen LogP contribution in [0.3, 0.4) is 0 Å². The van der Waals surface area contributed by atoms with Gasteiger partial charge in [0, 0.05) is 31.7 Å². The first-order valence-electron chi connectivity index (χ1n) is 8.06. The van der Waals surface area contributed by atoms with E-state index in [0.717, 1.165) is 5.56 Å². The van der Waals surface area contributed by atoms with E-state index in [9.17, 15) is 12.6 Å². The van der Waals surface area contributed by atoms with Crippen LogP contribution in [0, 0.1) is 0 Å². The zero-order chi connectivity index (χ0) is 18.7. The number of halogens is 1. The molecule has 0 aromatic heterocycles. The summed E-state index contributed by atoms with van der Waals surface area (Å²) >= 11 is 5.93. The number of hydrogen-bond donors (Lipinski definition) is 2. The minimum absolute atomic E-state index is 0.0903. The highest BCUT2D eigenvalue weighted by atomic mass is 35.5. The summed E-state index contributed by atoms with van der Waals surface area (Å²) in [6.07, 6.45) is 0. The van der Waals surface area contributed by atoms with Gasteiger partial charge in [0.05, 0.1) is 27.3 Å². The molecule has 26 heavy (non-hydrogen) atoms. The summed E-state index contributed by atoms with van der Waals surface area (Å²) in [7, 11) is -3.27. The van der Waals surface area contributed by atoms with Crippen LogP contribution in [-0.4, -0.2) is 38.6 Å². The number of nitrogens with one attached hydrogen (secondary N) is 2. The molecule has 0 aliphatic carbocycles. The summed E-state index contributed by atoms with van der Waals surface area (Å²) < 4.78 is 40.1. The average molecular weight is 414 g/mol. The zero-order valence-electron chi connectivity index (χ0n) is 14.2. The predicted octanol–water partition coefficient (Wildman–Crippen LogP) is 1.92. The summed E-state index contributed by atoms with van der Waals surface area (Å²) in [4.78, 5) is 2.28. The quantitative estimate of drug-likeness (QED) is 0.678. The van der Waals surface area contributed by atoms with E-state index < -0.39 is 20.8 Å². The van der Waals surface area contributed by atoms with Crippen LogP contribution in [0.5, 0.6) is 0 Å². The van der Waals surface area contributed by atoms with E-state index in [0.29, 0.717) is 34.6 Å². The number of rotatable bonds is 7. The molecule has 1 atom stereocenters. The number of sulfonamides is 1. The molecule has 1 heterocycles. The van der Waals surface area contributed by atoms with Crippen molar-refractivity contribution >= 4 is 38.1 Å². The van der Waals surface area contributed by atoms with Crippen molar-refractivity contribution in [1.82, 2.24) is 10.0 Å². The van der Waals surface area contributed by atoms with Gasteiger partial charge in [-0.3, -0.25) is 4.21 Å². The number of nitrogens with zero attached hydrogens (tertiary/aromatic N) is 1. The van der Waals surface area contributed by atoms with Crippen LogP contribution in [0.4, 0.5) is 5.69 Å². The van der Waals surface area contributed by atoms with Crippen LogP contribution in [-0.2, 0) is 27.4 Å². The predicted molar refractivity (Wildman–Crippen MR) is 104 cm³/mol. The second kappa shape index (κ2) is 8.06. The lowest BCUT2D eigenvalue weighted by Crippen LogP contribution is -2.32. The Morgan fingerprint density at radius 1 is 1.19 bits per heavy atom. The molecule has 140 valence electrons. The van der Waals surface area contributed by atoms with Gasteiger partial charge in [-0.15, -0.1) is 0 Å². The van der Waals surface area contributed by atoms with Gasteiger partial charge in [-0.1, -0.05) is 29.8 Å². The largest absolute Gasteiger partial charge is 0.361 e. The van der Waals surface area contributed by atoms with E-state index in [2.05, 4.69) is 10.0 Å². The Labute approximate surface area is 161 Å². The van der Waals surface area contributed by atoms with E-state index in [1.165, 1.54) is 6.07 Å². The van der Waals surface area contributed by atoms with Crippen molar-refractivity contribution in [2.45, 2.75) is 16.3 Å². The van der Waals surface area contributed by atoms with Gasteiger partial charge in [-0.25, -0.2) is 13.1 Å². The van der Waals surface area contributed by atoms with Crippen LogP contribution in [0.25, 0.3) is 0 Å². The van der Waals surface area contributed by atoms with E-state index in [1.54, 1.807) is 30.1 Å². The fourth-order valence-corrected chi connectivity index (χ4v) is 6.11. The van der Waals surface area contributed by atoms with Crippen molar-refractivity contribution in [3.8, 4) is 0 Å². The minimum Gasteiger partial charge on any atom is -0.361 e. The van der Waals surface area contributed by atoms with Crippen molar-refractivity contribution in [3.05, 3.63) is 53.1 Å². The monoisotopic (exact) mass is 413 g/mol. The van der Waals surface area contributed by atoms with E-state index >= 15 is 0 Å². The van der Waals surface area contributed by atoms with Crippen LogP contribution in [0.2, 0.25) is 5.02 Å². The van der Waals surface area contributed by atoms with Gasteiger partial charge in [0.2, 0.25) is 10.0 Å². The summed E-state index contributed by atoms with van der Waals surface area (Å²) in [6, 6.07) is 12.4. The fourth-order valence-electron chi connectivity index (χ4n) is 2.79.